The largest absolute Gasteiger partial charge is 0.491 e. The van der Waals surface area contributed by atoms with Gasteiger partial charge in [0.25, 0.3) is 0 Å². The van der Waals surface area contributed by atoms with Gasteiger partial charge in [-0.3, -0.25) is 0 Å². The molecule has 1 heterocycles. The first-order valence-corrected chi connectivity index (χ1v) is 8.96. The van der Waals surface area contributed by atoms with Crippen LogP contribution in [-0.4, -0.2) is 42.4 Å². The van der Waals surface area contributed by atoms with E-state index in [9.17, 15) is 5.11 Å². The molecule has 4 heteroatoms. The molecule has 1 fully saturated rings. The molecule has 1 saturated heterocycles. The Morgan fingerprint density at radius 2 is 1.90 bits per heavy atom. The van der Waals surface area contributed by atoms with Gasteiger partial charge in [0.15, 0.2) is 0 Å². The third kappa shape index (κ3) is 6.29. The Hall–Kier alpha value is -0.710. The number of ether oxygens (including phenoxy) is 1. The van der Waals surface area contributed by atoms with Crippen LogP contribution in [0.15, 0.2) is 18.2 Å². The van der Waals surface area contributed by atoms with E-state index in [0.29, 0.717) is 13.2 Å². The quantitative estimate of drug-likeness (QED) is 0.813. The number of thioether (sulfide) groups is 1. The van der Waals surface area contributed by atoms with Crippen LogP contribution in [-0.2, 0) is 0 Å². The predicted octanol–water partition coefficient (Wildman–Crippen LogP) is 2.78. The summed E-state index contributed by atoms with van der Waals surface area (Å²) in [5.74, 6) is 4.18. The number of hydrogen-bond acceptors (Lipinski definition) is 4. The molecular formula is C17H27NO2S. The molecule has 1 aromatic rings. The molecule has 1 atom stereocenters. The van der Waals surface area contributed by atoms with Gasteiger partial charge in [-0.15, -0.1) is 0 Å². The van der Waals surface area contributed by atoms with Crippen molar-refractivity contribution >= 4 is 11.8 Å². The molecule has 1 aromatic carbocycles. The molecule has 1 aliphatic heterocycles. The maximum Gasteiger partial charge on any atom is 0.119 e. The molecule has 0 bridgehead atoms. The van der Waals surface area contributed by atoms with Crippen molar-refractivity contribution in [2.45, 2.75) is 32.8 Å². The molecular weight excluding hydrogens is 282 g/mol. The second-order valence-corrected chi connectivity index (χ2v) is 7.23. The Kier molecular flexibility index (Phi) is 6.87. The minimum Gasteiger partial charge on any atom is -0.491 e. The van der Waals surface area contributed by atoms with Crippen molar-refractivity contribution in [3.8, 4) is 5.75 Å². The van der Waals surface area contributed by atoms with Crippen LogP contribution in [0.5, 0.6) is 5.75 Å². The van der Waals surface area contributed by atoms with Crippen LogP contribution in [0.1, 0.15) is 24.0 Å². The highest BCUT2D eigenvalue weighted by molar-refractivity contribution is 7.99. The SMILES string of the molecule is Cc1cc(C)cc(OCC(O)CNCC2CCSCC2)c1. The number of rotatable bonds is 7. The third-order valence-electron chi connectivity index (χ3n) is 3.79. The average Bonchev–Trinajstić information content (AvgIpc) is 2.45. The summed E-state index contributed by atoms with van der Waals surface area (Å²) in [5, 5.41) is 13.4. The summed E-state index contributed by atoms with van der Waals surface area (Å²) in [5.41, 5.74) is 2.38. The lowest BCUT2D eigenvalue weighted by Crippen LogP contribution is -2.35. The fourth-order valence-corrected chi connectivity index (χ4v) is 3.88. The first kappa shape index (κ1) is 16.7. The van der Waals surface area contributed by atoms with E-state index in [0.717, 1.165) is 18.2 Å². The van der Waals surface area contributed by atoms with Crippen molar-refractivity contribution in [1.82, 2.24) is 5.32 Å². The molecule has 0 saturated carbocycles. The summed E-state index contributed by atoms with van der Waals surface area (Å²) in [6.07, 6.45) is 2.14. The minimum absolute atomic E-state index is 0.344. The predicted molar refractivity (Wildman–Crippen MR) is 90.3 cm³/mol. The number of aryl methyl sites for hydroxylation is 2. The summed E-state index contributed by atoms with van der Waals surface area (Å²) >= 11 is 2.05. The van der Waals surface area contributed by atoms with Gasteiger partial charge in [-0.05, 0) is 73.9 Å². The molecule has 0 radical (unpaired) electrons. The minimum atomic E-state index is -0.455. The third-order valence-corrected chi connectivity index (χ3v) is 4.84. The average molecular weight is 309 g/mol. The van der Waals surface area contributed by atoms with Crippen LogP contribution in [0, 0.1) is 19.8 Å². The van der Waals surface area contributed by atoms with Gasteiger partial charge >= 0.3 is 0 Å². The van der Waals surface area contributed by atoms with Crippen LogP contribution in [0.25, 0.3) is 0 Å². The first-order valence-electron chi connectivity index (χ1n) is 7.81. The van der Waals surface area contributed by atoms with E-state index < -0.39 is 6.10 Å². The topological polar surface area (TPSA) is 41.5 Å². The highest BCUT2D eigenvalue weighted by Gasteiger charge is 2.14. The second-order valence-electron chi connectivity index (χ2n) is 6.00. The Morgan fingerprint density at radius 3 is 2.57 bits per heavy atom. The van der Waals surface area contributed by atoms with E-state index in [1.54, 1.807) is 0 Å². The van der Waals surface area contributed by atoms with Crippen LogP contribution < -0.4 is 10.1 Å². The number of aliphatic hydroxyl groups excluding tert-OH is 1. The van der Waals surface area contributed by atoms with Gasteiger partial charge in [-0.25, -0.2) is 0 Å². The fourth-order valence-electron chi connectivity index (χ4n) is 2.67. The molecule has 2 rings (SSSR count). The zero-order chi connectivity index (χ0) is 15.1. The van der Waals surface area contributed by atoms with Crippen molar-refractivity contribution in [3.63, 3.8) is 0 Å². The van der Waals surface area contributed by atoms with E-state index in [1.165, 1.54) is 35.5 Å². The molecule has 21 heavy (non-hydrogen) atoms. The van der Waals surface area contributed by atoms with Crippen LogP contribution in [0.3, 0.4) is 0 Å². The molecule has 2 N–H and O–H groups in total. The Balaban J connectivity index is 1.63. The van der Waals surface area contributed by atoms with Crippen molar-refractivity contribution in [1.29, 1.82) is 0 Å². The van der Waals surface area contributed by atoms with E-state index in [-0.39, 0.29) is 0 Å². The van der Waals surface area contributed by atoms with E-state index >= 15 is 0 Å². The molecule has 0 amide bonds. The van der Waals surface area contributed by atoms with Crippen LogP contribution >= 0.6 is 11.8 Å². The highest BCUT2D eigenvalue weighted by Crippen LogP contribution is 2.21. The van der Waals surface area contributed by atoms with Crippen molar-refractivity contribution < 1.29 is 9.84 Å². The van der Waals surface area contributed by atoms with Gasteiger partial charge in [-0.2, -0.15) is 11.8 Å². The van der Waals surface area contributed by atoms with E-state index in [4.69, 9.17) is 4.74 Å². The van der Waals surface area contributed by atoms with Crippen LogP contribution in [0.2, 0.25) is 0 Å². The monoisotopic (exact) mass is 309 g/mol. The maximum atomic E-state index is 9.99. The van der Waals surface area contributed by atoms with Gasteiger partial charge in [0, 0.05) is 6.54 Å². The highest BCUT2D eigenvalue weighted by atomic mass is 32.2. The number of hydrogen-bond donors (Lipinski definition) is 2. The zero-order valence-corrected chi connectivity index (χ0v) is 13.9. The number of benzene rings is 1. The van der Waals surface area contributed by atoms with Gasteiger partial charge in [-0.1, -0.05) is 6.07 Å². The Bertz CT molecular complexity index is 413. The summed E-state index contributed by atoms with van der Waals surface area (Å²) in [7, 11) is 0. The molecule has 0 spiro atoms. The van der Waals surface area contributed by atoms with E-state index in [2.05, 4.69) is 25.2 Å². The van der Waals surface area contributed by atoms with Crippen molar-refractivity contribution in [2.75, 3.05) is 31.2 Å². The lowest BCUT2D eigenvalue weighted by Gasteiger charge is -2.22. The van der Waals surface area contributed by atoms with E-state index in [1.807, 2.05) is 23.9 Å². The van der Waals surface area contributed by atoms with Crippen LogP contribution in [0.4, 0.5) is 0 Å². The zero-order valence-electron chi connectivity index (χ0n) is 13.1. The Labute approximate surface area is 132 Å². The number of aliphatic hydroxyl groups is 1. The molecule has 0 aromatic heterocycles. The van der Waals surface area contributed by atoms with Crippen molar-refractivity contribution in [3.05, 3.63) is 29.3 Å². The summed E-state index contributed by atoms with van der Waals surface area (Å²) in [4.78, 5) is 0. The fraction of sp³-hybridized carbons (Fsp3) is 0.647. The summed E-state index contributed by atoms with van der Waals surface area (Å²) < 4.78 is 5.68. The summed E-state index contributed by atoms with van der Waals surface area (Å²) in [6.45, 7) is 6.08. The van der Waals surface area contributed by atoms with Gasteiger partial charge in [0.2, 0.25) is 0 Å². The normalized spacial score (nSPS) is 17.7. The maximum absolute atomic E-state index is 9.99. The lowest BCUT2D eigenvalue weighted by atomic mass is 10.0. The van der Waals surface area contributed by atoms with Gasteiger partial charge in [0.1, 0.15) is 18.5 Å². The first-order chi connectivity index (χ1) is 10.1. The summed E-state index contributed by atoms with van der Waals surface area (Å²) in [6, 6.07) is 6.13. The molecule has 1 aliphatic rings. The van der Waals surface area contributed by atoms with Gasteiger partial charge < -0.3 is 15.2 Å². The van der Waals surface area contributed by atoms with Crippen molar-refractivity contribution in [2.24, 2.45) is 5.92 Å². The standard InChI is InChI=1S/C17H27NO2S/c1-13-7-14(2)9-17(8-13)20-12-16(19)11-18-10-15-3-5-21-6-4-15/h7-9,15-16,18-19H,3-6,10-12H2,1-2H3. The number of nitrogens with one attached hydrogen (secondary N) is 1. The molecule has 118 valence electrons. The molecule has 1 unspecified atom stereocenters. The lowest BCUT2D eigenvalue weighted by molar-refractivity contribution is 0.105. The Morgan fingerprint density at radius 1 is 1.24 bits per heavy atom. The second kappa shape index (κ2) is 8.66. The van der Waals surface area contributed by atoms with Gasteiger partial charge in [0.05, 0.1) is 0 Å². The smallest absolute Gasteiger partial charge is 0.119 e. The molecule has 0 aliphatic carbocycles. The molecule has 3 nitrogen and oxygen atoms in total.